The maximum absolute atomic E-state index is 13.2. The molecule has 2 aromatic heterocycles. The summed E-state index contributed by atoms with van der Waals surface area (Å²) in [5, 5.41) is 3.25. The van der Waals surface area contributed by atoms with Crippen LogP contribution in [0, 0.1) is 11.7 Å². The van der Waals surface area contributed by atoms with Crippen LogP contribution in [0.5, 0.6) is 0 Å². The van der Waals surface area contributed by atoms with Gasteiger partial charge in [0.1, 0.15) is 11.5 Å². The number of nitrogens with one attached hydrogen (secondary N) is 1. The minimum atomic E-state index is -0.444. The second-order valence-electron chi connectivity index (χ2n) is 7.95. The first kappa shape index (κ1) is 21.2. The SMILES string of the molecule is O=C(Nc1nc2c(s1)CN(C(=O)C1CC(=O)N(c3ccc(F)cc3)C1)CC2)c1ccccn1. The van der Waals surface area contributed by atoms with Crippen LogP contribution in [0.15, 0.2) is 48.7 Å². The van der Waals surface area contributed by atoms with Crippen molar-refractivity contribution in [2.75, 3.05) is 23.3 Å². The Bertz CT molecular complexity index is 1210. The number of rotatable bonds is 4. The molecular formula is C23H20FN5O3S. The average Bonchev–Trinajstić information content (AvgIpc) is 3.42. The van der Waals surface area contributed by atoms with Gasteiger partial charge in [0, 0.05) is 42.7 Å². The van der Waals surface area contributed by atoms with E-state index in [2.05, 4.69) is 15.3 Å². The van der Waals surface area contributed by atoms with E-state index in [9.17, 15) is 18.8 Å². The predicted octanol–water partition coefficient (Wildman–Crippen LogP) is 2.87. The Morgan fingerprint density at radius 3 is 2.73 bits per heavy atom. The standard InChI is InChI=1S/C23H20FN5O3S/c24-15-4-6-16(7-5-15)29-12-14(11-20(29)30)22(32)28-10-8-17-19(13-28)33-23(26-17)27-21(31)18-3-1-2-9-25-18/h1-7,9,14H,8,10-13H2,(H,26,27,31). The van der Waals surface area contributed by atoms with Gasteiger partial charge in [-0.05, 0) is 36.4 Å². The summed E-state index contributed by atoms with van der Waals surface area (Å²) in [5.41, 5.74) is 1.77. The van der Waals surface area contributed by atoms with Crippen molar-refractivity contribution in [2.24, 2.45) is 5.92 Å². The summed E-state index contributed by atoms with van der Waals surface area (Å²) >= 11 is 1.34. The first-order valence-corrected chi connectivity index (χ1v) is 11.4. The molecule has 168 valence electrons. The van der Waals surface area contributed by atoms with Gasteiger partial charge in [-0.1, -0.05) is 17.4 Å². The number of halogens is 1. The van der Waals surface area contributed by atoms with Crippen molar-refractivity contribution in [3.63, 3.8) is 0 Å². The highest BCUT2D eigenvalue weighted by Crippen LogP contribution is 2.31. The van der Waals surface area contributed by atoms with Crippen molar-refractivity contribution in [1.82, 2.24) is 14.9 Å². The number of hydrogen-bond donors (Lipinski definition) is 1. The zero-order valence-electron chi connectivity index (χ0n) is 17.5. The molecule has 2 aliphatic heterocycles. The molecule has 1 atom stereocenters. The summed E-state index contributed by atoms with van der Waals surface area (Å²) in [6, 6.07) is 10.8. The number of aromatic nitrogens is 2. The molecule has 0 aliphatic carbocycles. The highest BCUT2D eigenvalue weighted by molar-refractivity contribution is 7.15. The van der Waals surface area contributed by atoms with Gasteiger partial charge in [0.15, 0.2) is 5.13 Å². The number of carbonyl (C=O) groups is 3. The fourth-order valence-corrected chi connectivity index (χ4v) is 5.12. The van der Waals surface area contributed by atoms with Gasteiger partial charge in [-0.2, -0.15) is 0 Å². The second kappa shape index (κ2) is 8.70. The van der Waals surface area contributed by atoms with Crippen molar-refractivity contribution in [2.45, 2.75) is 19.4 Å². The van der Waals surface area contributed by atoms with Crippen LogP contribution in [0.2, 0.25) is 0 Å². The number of benzene rings is 1. The summed E-state index contributed by atoms with van der Waals surface area (Å²) in [5.74, 6) is -1.37. The predicted molar refractivity (Wildman–Crippen MR) is 120 cm³/mol. The Morgan fingerprint density at radius 2 is 1.97 bits per heavy atom. The van der Waals surface area contributed by atoms with E-state index in [1.165, 1.54) is 28.4 Å². The smallest absolute Gasteiger partial charge is 0.276 e. The van der Waals surface area contributed by atoms with Crippen LogP contribution in [-0.4, -0.2) is 45.7 Å². The molecule has 33 heavy (non-hydrogen) atoms. The molecule has 0 saturated carbocycles. The monoisotopic (exact) mass is 465 g/mol. The number of carbonyl (C=O) groups excluding carboxylic acids is 3. The maximum Gasteiger partial charge on any atom is 0.276 e. The minimum Gasteiger partial charge on any atom is -0.337 e. The molecule has 8 nitrogen and oxygen atoms in total. The molecule has 0 spiro atoms. The Kier molecular flexibility index (Phi) is 5.59. The molecule has 5 rings (SSSR count). The third-order valence-electron chi connectivity index (χ3n) is 5.77. The molecule has 2 aliphatic rings. The van der Waals surface area contributed by atoms with Crippen LogP contribution < -0.4 is 10.2 Å². The van der Waals surface area contributed by atoms with E-state index in [-0.39, 0.29) is 36.5 Å². The highest BCUT2D eigenvalue weighted by atomic mass is 32.1. The Morgan fingerprint density at radius 1 is 1.15 bits per heavy atom. The molecule has 4 heterocycles. The zero-order valence-corrected chi connectivity index (χ0v) is 18.3. The summed E-state index contributed by atoms with van der Waals surface area (Å²) in [7, 11) is 0. The van der Waals surface area contributed by atoms with Gasteiger partial charge in [0.2, 0.25) is 11.8 Å². The topological polar surface area (TPSA) is 95.5 Å². The van der Waals surface area contributed by atoms with E-state index in [0.717, 1.165) is 10.6 Å². The van der Waals surface area contributed by atoms with E-state index in [1.807, 2.05) is 0 Å². The molecule has 0 bridgehead atoms. The first-order chi connectivity index (χ1) is 16.0. The molecule has 1 unspecified atom stereocenters. The van der Waals surface area contributed by atoms with E-state index in [4.69, 9.17) is 0 Å². The lowest BCUT2D eigenvalue weighted by Crippen LogP contribution is -2.40. The van der Waals surface area contributed by atoms with Gasteiger partial charge in [0.25, 0.3) is 5.91 Å². The molecule has 1 saturated heterocycles. The fourth-order valence-electron chi connectivity index (χ4n) is 4.10. The number of anilines is 2. The molecule has 1 fully saturated rings. The van der Waals surface area contributed by atoms with Crippen LogP contribution in [-0.2, 0) is 22.6 Å². The summed E-state index contributed by atoms with van der Waals surface area (Å²) in [6.07, 6.45) is 2.27. The summed E-state index contributed by atoms with van der Waals surface area (Å²) < 4.78 is 13.2. The zero-order chi connectivity index (χ0) is 22.9. The lowest BCUT2D eigenvalue weighted by atomic mass is 10.1. The largest absolute Gasteiger partial charge is 0.337 e. The van der Waals surface area contributed by atoms with Crippen LogP contribution in [0.4, 0.5) is 15.2 Å². The quantitative estimate of drug-likeness (QED) is 0.639. The molecule has 3 amide bonds. The Balaban J connectivity index is 1.24. The average molecular weight is 466 g/mol. The Hall–Kier alpha value is -3.66. The normalized spacial score (nSPS) is 17.7. The van der Waals surface area contributed by atoms with Crippen molar-refractivity contribution >= 4 is 39.9 Å². The third-order valence-corrected chi connectivity index (χ3v) is 6.77. The van der Waals surface area contributed by atoms with E-state index in [0.29, 0.717) is 36.0 Å². The number of fused-ring (bicyclic) bond motifs is 1. The number of amides is 3. The number of pyridine rings is 1. The van der Waals surface area contributed by atoms with Crippen molar-refractivity contribution in [1.29, 1.82) is 0 Å². The lowest BCUT2D eigenvalue weighted by Gasteiger charge is -2.28. The lowest BCUT2D eigenvalue weighted by molar-refractivity contribution is -0.136. The molecule has 1 aromatic carbocycles. The molecule has 1 N–H and O–H groups in total. The number of hydrogen-bond acceptors (Lipinski definition) is 6. The first-order valence-electron chi connectivity index (χ1n) is 10.5. The van der Waals surface area contributed by atoms with Crippen molar-refractivity contribution in [3.05, 3.63) is 70.7 Å². The number of thiazole rings is 1. The highest BCUT2D eigenvalue weighted by Gasteiger charge is 2.38. The van der Waals surface area contributed by atoms with Crippen LogP contribution >= 0.6 is 11.3 Å². The molecule has 0 radical (unpaired) electrons. The third kappa shape index (κ3) is 4.34. The van der Waals surface area contributed by atoms with E-state index in [1.54, 1.807) is 41.4 Å². The summed E-state index contributed by atoms with van der Waals surface area (Å²) in [4.78, 5) is 50.7. The van der Waals surface area contributed by atoms with E-state index < -0.39 is 5.92 Å². The minimum absolute atomic E-state index is 0.0777. The van der Waals surface area contributed by atoms with Gasteiger partial charge >= 0.3 is 0 Å². The van der Waals surface area contributed by atoms with Gasteiger partial charge < -0.3 is 9.80 Å². The Labute approximate surface area is 193 Å². The van der Waals surface area contributed by atoms with Crippen LogP contribution in [0.1, 0.15) is 27.5 Å². The summed E-state index contributed by atoms with van der Waals surface area (Å²) in [6.45, 7) is 1.18. The van der Waals surface area contributed by atoms with Gasteiger partial charge in [-0.15, -0.1) is 0 Å². The second-order valence-corrected chi connectivity index (χ2v) is 9.03. The van der Waals surface area contributed by atoms with E-state index >= 15 is 0 Å². The van der Waals surface area contributed by atoms with Crippen molar-refractivity contribution in [3.8, 4) is 0 Å². The van der Waals surface area contributed by atoms with Crippen LogP contribution in [0.3, 0.4) is 0 Å². The van der Waals surface area contributed by atoms with Gasteiger partial charge in [-0.25, -0.2) is 9.37 Å². The molecule has 10 heteroatoms. The van der Waals surface area contributed by atoms with Crippen molar-refractivity contribution < 1.29 is 18.8 Å². The molecule has 3 aromatic rings. The fraction of sp³-hybridized carbons (Fsp3) is 0.261. The number of nitrogens with zero attached hydrogens (tertiary/aromatic N) is 4. The van der Waals surface area contributed by atoms with Gasteiger partial charge in [0.05, 0.1) is 18.2 Å². The van der Waals surface area contributed by atoms with Crippen LogP contribution in [0.25, 0.3) is 0 Å². The van der Waals surface area contributed by atoms with Gasteiger partial charge in [-0.3, -0.25) is 24.7 Å². The molecular weight excluding hydrogens is 445 g/mol. The maximum atomic E-state index is 13.2.